The maximum Gasteiger partial charge on any atom is 0.407 e. The van der Waals surface area contributed by atoms with Gasteiger partial charge in [0.25, 0.3) is 0 Å². The van der Waals surface area contributed by atoms with Gasteiger partial charge in [0, 0.05) is 36.1 Å². The number of carbonyl (C=O) groups is 2. The zero-order chi connectivity index (χ0) is 20.9. The summed E-state index contributed by atoms with van der Waals surface area (Å²) in [5.74, 6) is -0.799. The molecule has 0 unspecified atom stereocenters. The van der Waals surface area contributed by atoms with Crippen LogP contribution in [0, 0.1) is 5.92 Å². The van der Waals surface area contributed by atoms with Crippen molar-refractivity contribution in [3.05, 3.63) is 90.5 Å². The first kappa shape index (κ1) is 19.5. The molecule has 2 atom stereocenters. The predicted octanol–water partition coefficient (Wildman–Crippen LogP) is 4.76. The summed E-state index contributed by atoms with van der Waals surface area (Å²) in [4.78, 5) is 25.9. The number of para-hydroxylation sites is 1. The summed E-state index contributed by atoms with van der Waals surface area (Å²) in [5.41, 5.74) is 3.46. The Morgan fingerprint density at radius 2 is 1.43 bits per heavy atom. The fraction of sp³-hybridized carbons (Fsp3) is 0.167. The van der Waals surface area contributed by atoms with E-state index in [0.29, 0.717) is 12.2 Å². The normalized spacial score (nSPS) is 18.1. The second-order valence-electron chi connectivity index (χ2n) is 7.37. The molecule has 1 fully saturated rings. The van der Waals surface area contributed by atoms with Gasteiger partial charge in [0.2, 0.25) is 5.91 Å². The van der Waals surface area contributed by atoms with Gasteiger partial charge >= 0.3 is 6.09 Å². The fourth-order valence-corrected chi connectivity index (χ4v) is 3.86. The topological polar surface area (TPSA) is 81.7 Å². The molecule has 0 bridgehead atoms. The molecule has 6 nitrogen and oxygen atoms in total. The van der Waals surface area contributed by atoms with Crippen LogP contribution in [0.3, 0.4) is 0 Å². The van der Waals surface area contributed by atoms with Gasteiger partial charge in [0.05, 0.1) is 5.92 Å². The van der Waals surface area contributed by atoms with Crippen LogP contribution in [0.4, 0.5) is 21.9 Å². The molecular weight excluding hydrogens is 378 g/mol. The molecule has 1 saturated heterocycles. The minimum absolute atomic E-state index is 0.173. The standard InChI is InChI=1S/C24H23N3O3/c28-23(22-16-27(24(29)30)15-21(22)17-8-3-1-4-9-17)26-20-13-7-12-19(14-20)25-18-10-5-2-6-11-18/h1-14,21-22,25H,15-16H2,(H,26,28)(H,29,30)/t21-,22+/m0/s1. The molecule has 4 rings (SSSR count). The lowest BCUT2D eigenvalue weighted by molar-refractivity contribution is -0.119. The van der Waals surface area contributed by atoms with E-state index in [-0.39, 0.29) is 18.4 Å². The number of carbonyl (C=O) groups excluding carboxylic acids is 1. The third-order valence-corrected chi connectivity index (χ3v) is 5.35. The van der Waals surface area contributed by atoms with Gasteiger partial charge in [-0.15, -0.1) is 0 Å². The third kappa shape index (κ3) is 4.43. The summed E-state index contributed by atoms with van der Waals surface area (Å²) in [6, 6.07) is 26.9. The molecule has 0 aliphatic carbocycles. The smallest absolute Gasteiger partial charge is 0.407 e. The summed E-state index contributed by atoms with van der Waals surface area (Å²) in [5, 5.41) is 15.7. The largest absolute Gasteiger partial charge is 0.465 e. The molecule has 1 aliphatic rings. The van der Waals surface area contributed by atoms with Crippen LogP contribution in [0.1, 0.15) is 11.5 Å². The Bertz CT molecular complexity index is 1020. The number of hydrogen-bond donors (Lipinski definition) is 3. The van der Waals surface area contributed by atoms with E-state index in [2.05, 4.69) is 10.6 Å². The van der Waals surface area contributed by atoms with E-state index in [1.165, 1.54) is 4.90 Å². The first-order valence-electron chi connectivity index (χ1n) is 9.86. The van der Waals surface area contributed by atoms with E-state index in [4.69, 9.17) is 0 Å². The van der Waals surface area contributed by atoms with Crippen LogP contribution in [-0.2, 0) is 4.79 Å². The molecule has 3 aromatic rings. The molecule has 2 amide bonds. The number of nitrogens with zero attached hydrogens (tertiary/aromatic N) is 1. The maximum atomic E-state index is 13.1. The Kier molecular flexibility index (Phi) is 5.66. The van der Waals surface area contributed by atoms with Crippen molar-refractivity contribution in [2.75, 3.05) is 23.7 Å². The van der Waals surface area contributed by atoms with Crippen LogP contribution in [0.2, 0.25) is 0 Å². The number of benzene rings is 3. The number of amides is 2. The van der Waals surface area contributed by atoms with Crippen LogP contribution in [0.5, 0.6) is 0 Å². The van der Waals surface area contributed by atoms with E-state index < -0.39 is 12.0 Å². The van der Waals surface area contributed by atoms with Gasteiger partial charge in [-0.3, -0.25) is 4.79 Å². The molecule has 0 spiro atoms. The van der Waals surface area contributed by atoms with Gasteiger partial charge in [-0.1, -0.05) is 54.6 Å². The monoisotopic (exact) mass is 401 g/mol. The molecule has 1 heterocycles. The molecule has 3 N–H and O–H groups in total. The van der Waals surface area contributed by atoms with Crippen molar-refractivity contribution in [1.29, 1.82) is 0 Å². The lowest BCUT2D eigenvalue weighted by atomic mass is 9.88. The molecule has 0 saturated carbocycles. The Labute approximate surface area is 175 Å². The van der Waals surface area contributed by atoms with E-state index in [0.717, 1.165) is 16.9 Å². The highest BCUT2D eigenvalue weighted by molar-refractivity contribution is 5.94. The Balaban J connectivity index is 1.50. The molecule has 0 radical (unpaired) electrons. The molecule has 1 aliphatic heterocycles. The SMILES string of the molecule is O=C(Nc1cccc(Nc2ccccc2)c1)[C@@H]1CN(C(=O)O)C[C@H]1c1ccccc1. The second kappa shape index (κ2) is 8.69. The quantitative estimate of drug-likeness (QED) is 0.576. The van der Waals surface area contributed by atoms with Crippen LogP contribution in [-0.4, -0.2) is 35.1 Å². The predicted molar refractivity (Wildman–Crippen MR) is 117 cm³/mol. The van der Waals surface area contributed by atoms with Crippen molar-refractivity contribution in [3.8, 4) is 0 Å². The lowest BCUT2D eigenvalue weighted by Crippen LogP contribution is -2.30. The second-order valence-corrected chi connectivity index (χ2v) is 7.37. The van der Waals surface area contributed by atoms with Crippen LogP contribution >= 0.6 is 0 Å². The first-order chi connectivity index (χ1) is 14.6. The highest BCUT2D eigenvalue weighted by Gasteiger charge is 2.40. The Morgan fingerprint density at radius 3 is 2.13 bits per heavy atom. The average molecular weight is 401 g/mol. The molecule has 6 heteroatoms. The minimum Gasteiger partial charge on any atom is -0.465 e. The summed E-state index contributed by atoms with van der Waals surface area (Å²) < 4.78 is 0. The summed E-state index contributed by atoms with van der Waals surface area (Å²) in [6.45, 7) is 0.496. The summed E-state index contributed by atoms with van der Waals surface area (Å²) >= 11 is 0. The zero-order valence-electron chi connectivity index (χ0n) is 16.4. The Hall–Kier alpha value is -3.80. The van der Waals surface area contributed by atoms with Crippen molar-refractivity contribution in [2.45, 2.75) is 5.92 Å². The van der Waals surface area contributed by atoms with Gasteiger partial charge in [0.15, 0.2) is 0 Å². The van der Waals surface area contributed by atoms with E-state index in [9.17, 15) is 14.7 Å². The molecule has 3 aromatic carbocycles. The highest BCUT2D eigenvalue weighted by Crippen LogP contribution is 2.34. The number of hydrogen-bond acceptors (Lipinski definition) is 3. The van der Waals surface area contributed by atoms with Gasteiger partial charge < -0.3 is 20.6 Å². The van der Waals surface area contributed by atoms with Crippen molar-refractivity contribution in [1.82, 2.24) is 4.90 Å². The van der Waals surface area contributed by atoms with Crippen molar-refractivity contribution in [3.63, 3.8) is 0 Å². The van der Waals surface area contributed by atoms with Crippen molar-refractivity contribution < 1.29 is 14.7 Å². The highest BCUT2D eigenvalue weighted by atomic mass is 16.4. The number of carboxylic acid groups (broad SMARTS) is 1. The third-order valence-electron chi connectivity index (χ3n) is 5.35. The van der Waals surface area contributed by atoms with Gasteiger partial charge in [0.1, 0.15) is 0 Å². The van der Waals surface area contributed by atoms with E-state index >= 15 is 0 Å². The van der Waals surface area contributed by atoms with Crippen molar-refractivity contribution in [2.24, 2.45) is 5.92 Å². The Morgan fingerprint density at radius 1 is 0.800 bits per heavy atom. The fourth-order valence-electron chi connectivity index (χ4n) is 3.86. The average Bonchev–Trinajstić information content (AvgIpc) is 3.22. The van der Waals surface area contributed by atoms with Crippen molar-refractivity contribution >= 4 is 29.1 Å². The number of likely N-dealkylation sites (tertiary alicyclic amines) is 1. The molecular formula is C24H23N3O3. The zero-order valence-corrected chi connectivity index (χ0v) is 16.4. The van der Waals surface area contributed by atoms with E-state index in [1.807, 2.05) is 84.9 Å². The number of anilines is 3. The molecule has 0 aromatic heterocycles. The number of nitrogens with one attached hydrogen (secondary N) is 2. The van der Waals surface area contributed by atoms with E-state index in [1.54, 1.807) is 0 Å². The number of rotatable bonds is 5. The van der Waals surface area contributed by atoms with Crippen LogP contribution in [0.25, 0.3) is 0 Å². The van der Waals surface area contributed by atoms with Crippen LogP contribution < -0.4 is 10.6 Å². The molecule has 30 heavy (non-hydrogen) atoms. The summed E-state index contributed by atoms with van der Waals surface area (Å²) in [6.07, 6.45) is -1.000. The molecule has 152 valence electrons. The minimum atomic E-state index is -1.000. The maximum absolute atomic E-state index is 13.1. The summed E-state index contributed by atoms with van der Waals surface area (Å²) in [7, 11) is 0. The first-order valence-corrected chi connectivity index (χ1v) is 9.86. The van der Waals surface area contributed by atoms with Crippen LogP contribution in [0.15, 0.2) is 84.9 Å². The van der Waals surface area contributed by atoms with Gasteiger partial charge in [-0.2, -0.15) is 0 Å². The lowest BCUT2D eigenvalue weighted by Gasteiger charge is -2.18. The van der Waals surface area contributed by atoms with Gasteiger partial charge in [-0.05, 0) is 35.9 Å². The van der Waals surface area contributed by atoms with Gasteiger partial charge in [-0.25, -0.2) is 4.79 Å².